The molecule has 1 saturated heterocycles. The van der Waals surface area contributed by atoms with Crippen LogP contribution >= 0.6 is 0 Å². The SMILES string of the molecule is NC1CCC(C(=O)N2CCN(CC(O)COc3ccccc3)CC2)C1. The predicted octanol–water partition coefficient (Wildman–Crippen LogP) is 0.698. The number of β-amino-alcohol motifs (C(OH)–C–C–N with tert-alkyl or cyclic N) is 1. The molecule has 3 N–H and O–H groups in total. The molecule has 1 aromatic carbocycles. The van der Waals surface area contributed by atoms with Crippen molar-refractivity contribution in [2.45, 2.75) is 31.4 Å². The second kappa shape index (κ2) is 8.65. The molecule has 0 aromatic heterocycles. The quantitative estimate of drug-likeness (QED) is 0.792. The van der Waals surface area contributed by atoms with Crippen LogP contribution in [0.3, 0.4) is 0 Å². The summed E-state index contributed by atoms with van der Waals surface area (Å²) >= 11 is 0. The average Bonchev–Trinajstić information content (AvgIpc) is 3.07. The van der Waals surface area contributed by atoms with Crippen LogP contribution in [0.25, 0.3) is 0 Å². The van der Waals surface area contributed by atoms with Crippen molar-refractivity contribution in [1.29, 1.82) is 0 Å². The Hall–Kier alpha value is -1.63. The molecular weight excluding hydrogens is 318 g/mol. The van der Waals surface area contributed by atoms with E-state index in [-0.39, 0.29) is 24.5 Å². The van der Waals surface area contributed by atoms with Gasteiger partial charge < -0.3 is 20.5 Å². The fourth-order valence-electron chi connectivity index (χ4n) is 3.71. The number of aliphatic hydroxyl groups excluding tert-OH is 1. The van der Waals surface area contributed by atoms with Gasteiger partial charge in [0.1, 0.15) is 18.5 Å². The lowest BCUT2D eigenvalue weighted by Crippen LogP contribution is -2.52. The topological polar surface area (TPSA) is 79.0 Å². The van der Waals surface area contributed by atoms with Crippen molar-refractivity contribution >= 4 is 5.91 Å². The monoisotopic (exact) mass is 347 g/mol. The molecule has 0 bridgehead atoms. The molecule has 0 spiro atoms. The summed E-state index contributed by atoms with van der Waals surface area (Å²) in [5.74, 6) is 1.15. The van der Waals surface area contributed by atoms with E-state index in [4.69, 9.17) is 10.5 Å². The first-order chi connectivity index (χ1) is 12.1. The van der Waals surface area contributed by atoms with E-state index in [0.717, 1.165) is 51.2 Å². The number of hydrogen-bond acceptors (Lipinski definition) is 5. The van der Waals surface area contributed by atoms with Crippen LogP contribution in [-0.4, -0.2) is 72.3 Å². The van der Waals surface area contributed by atoms with Gasteiger partial charge in [0, 0.05) is 44.7 Å². The van der Waals surface area contributed by atoms with Crippen molar-refractivity contribution in [3.63, 3.8) is 0 Å². The summed E-state index contributed by atoms with van der Waals surface area (Å²) in [4.78, 5) is 16.7. The average molecular weight is 347 g/mol. The molecule has 2 aliphatic rings. The zero-order valence-electron chi connectivity index (χ0n) is 14.7. The van der Waals surface area contributed by atoms with Crippen LogP contribution in [-0.2, 0) is 4.79 Å². The summed E-state index contributed by atoms with van der Waals surface area (Å²) in [6, 6.07) is 9.71. The molecule has 3 atom stereocenters. The highest BCUT2D eigenvalue weighted by Crippen LogP contribution is 2.26. The van der Waals surface area contributed by atoms with Gasteiger partial charge in [-0.25, -0.2) is 0 Å². The molecule has 1 amide bonds. The number of amides is 1. The molecule has 3 unspecified atom stereocenters. The summed E-state index contributed by atoms with van der Waals surface area (Å²) in [6.07, 6.45) is 2.18. The van der Waals surface area contributed by atoms with Crippen LogP contribution in [0.2, 0.25) is 0 Å². The van der Waals surface area contributed by atoms with Gasteiger partial charge in [0.05, 0.1) is 0 Å². The Kier molecular flexibility index (Phi) is 6.29. The third-order valence-corrected chi connectivity index (χ3v) is 5.16. The number of aliphatic hydroxyl groups is 1. The van der Waals surface area contributed by atoms with Crippen molar-refractivity contribution in [1.82, 2.24) is 9.80 Å². The standard InChI is InChI=1S/C19H29N3O3/c20-16-7-6-15(12-16)19(24)22-10-8-21(9-11-22)13-17(23)14-25-18-4-2-1-3-5-18/h1-5,15-17,23H,6-14,20H2. The Morgan fingerprint density at radius 2 is 1.92 bits per heavy atom. The van der Waals surface area contributed by atoms with Crippen LogP contribution in [0.15, 0.2) is 30.3 Å². The molecule has 3 rings (SSSR count). The minimum Gasteiger partial charge on any atom is -0.491 e. The normalized spacial score (nSPS) is 25.8. The minimum absolute atomic E-state index is 0.117. The lowest BCUT2D eigenvalue weighted by molar-refractivity contribution is -0.137. The maximum Gasteiger partial charge on any atom is 0.225 e. The number of carbonyl (C=O) groups excluding carboxylic acids is 1. The van der Waals surface area contributed by atoms with Crippen molar-refractivity contribution in [2.75, 3.05) is 39.3 Å². The largest absolute Gasteiger partial charge is 0.491 e. The van der Waals surface area contributed by atoms with Crippen LogP contribution in [0.5, 0.6) is 5.75 Å². The number of piperazine rings is 1. The van der Waals surface area contributed by atoms with Crippen LogP contribution in [0, 0.1) is 5.92 Å². The molecule has 1 aromatic rings. The molecule has 1 saturated carbocycles. The van der Waals surface area contributed by atoms with E-state index in [2.05, 4.69) is 4.90 Å². The van der Waals surface area contributed by atoms with E-state index in [9.17, 15) is 9.90 Å². The number of nitrogens with zero attached hydrogens (tertiary/aromatic N) is 2. The van der Waals surface area contributed by atoms with E-state index in [1.54, 1.807) is 0 Å². The zero-order chi connectivity index (χ0) is 17.6. The summed E-state index contributed by atoms with van der Waals surface area (Å²) in [5, 5.41) is 10.2. The molecule has 1 aliphatic heterocycles. The molecule has 2 fully saturated rings. The number of hydrogen-bond donors (Lipinski definition) is 2. The van der Waals surface area contributed by atoms with E-state index < -0.39 is 6.10 Å². The van der Waals surface area contributed by atoms with E-state index in [1.165, 1.54) is 0 Å². The first-order valence-electron chi connectivity index (χ1n) is 9.24. The third kappa shape index (κ3) is 5.17. The Balaban J connectivity index is 1.36. The van der Waals surface area contributed by atoms with Crippen molar-refractivity contribution in [3.8, 4) is 5.75 Å². The molecule has 1 aliphatic carbocycles. The zero-order valence-corrected chi connectivity index (χ0v) is 14.7. The van der Waals surface area contributed by atoms with Crippen LogP contribution < -0.4 is 10.5 Å². The van der Waals surface area contributed by atoms with E-state index in [0.29, 0.717) is 6.54 Å². The van der Waals surface area contributed by atoms with Gasteiger partial charge in [-0.05, 0) is 31.4 Å². The molecule has 25 heavy (non-hydrogen) atoms. The van der Waals surface area contributed by atoms with Crippen molar-refractivity contribution in [2.24, 2.45) is 11.7 Å². The third-order valence-electron chi connectivity index (χ3n) is 5.16. The lowest BCUT2D eigenvalue weighted by Gasteiger charge is -2.36. The number of ether oxygens (including phenoxy) is 1. The van der Waals surface area contributed by atoms with Crippen LogP contribution in [0.1, 0.15) is 19.3 Å². The fraction of sp³-hybridized carbons (Fsp3) is 0.632. The highest BCUT2D eigenvalue weighted by atomic mass is 16.5. The smallest absolute Gasteiger partial charge is 0.225 e. The molecule has 6 nitrogen and oxygen atoms in total. The maximum absolute atomic E-state index is 12.5. The number of rotatable bonds is 6. The number of para-hydroxylation sites is 1. The molecule has 138 valence electrons. The summed E-state index contributed by atoms with van der Waals surface area (Å²) < 4.78 is 5.59. The van der Waals surface area contributed by atoms with Gasteiger partial charge >= 0.3 is 0 Å². The molecule has 6 heteroatoms. The van der Waals surface area contributed by atoms with Crippen LogP contribution in [0.4, 0.5) is 0 Å². The van der Waals surface area contributed by atoms with Gasteiger partial charge in [-0.3, -0.25) is 9.69 Å². The number of benzene rings is 1. The summed E-state index contributed by atoms with van der Waals surface area (Å²) in [6.45, 7) is 3.92. The van der Waals surface area contributed by atoms with Crippen molar-refractivity contribution < 1.29 is 14.6 Å². The second-order valence-corrected chi connectivity index (χ2v) is 7.17. The second-order valence-electron chi connectivity index (χ2n) is 7.17. The molecule has 1 heterocycles. The van der Waals surface area contributed by atoms with Crippen molar-refractivity contribution in [3.05, 3.63) is 30.3 Å². The minimum atomic E-state index is -0.532. The highest BCUT2D eigenvalue weighted by Gasteiger charge is 2.32. The fourth-order valence-corrected chi connectivity index (χ4v) is 3.71. The Morgan fingerprint density at radius 1 is 1.20 bits per heavy atom. The molecular formula is C19H29N3O3. The number of nitrogens with two attached hydrogens (primary N) is 1. The van der Waals surface area contributed by atoms with E-state index in [1.807, 2.05) is 35.2 Å². The van der Waals surface area contributed by atoms with Gasteiger partial charge in [-0.2, -0.15) is 0 Å². The summed E-state index contributed by atoms with van der Waals surface area (Å²) in [7, 11) is 0. The van der Waals surface area contributed by atoms with Gasteiger partial charge in [-0.15, -0.1) is 0 Å². The van der Waals surface area contributed by atoms with E-state index >= 15 is 0 Å². The Morgan fingerprint density at radius 3 is 2.56 bits per heavy atom. The number of carbonyl (C=O) groups is 1. The lowest BCUT2D eigenvalue weighted by atomic mass is 10.1. The van der Waals surface area contributed by atoms with Gasteiger partial charge in [0.25, 0.3) is 0 Å². The van der Waals surface area contributed by atoms with Gasteiger partial charge in [0.2, 0.25) is 5.91 Å². The predicted molar refractivity (Wildman–Crippen MR) is 96.3 cm³/mol. The Bertz CT molecular complexity index is 546. The maximum atomic E-state index is 12.5. The first-order valence-corrected chi connectivity index (χ1v) is 9.24. The molecule has 0 radical (unpaired) electrons. The first kappa shape index (κ1) is 18.2. The summed E-state index contributed by atoms with van der Waals surface area (Å²) in [5.41, 5.74) is 5.92. The highest BCUT2D eigenvalue weighted by molar-refractivity contribution is 5.79. The van der Waals surface area contributed by atoms with Gasteiger partial charge in [0.15, 0.2) is 0 Å². The van der Waals surface area contributed by atoms with Gasteiger partial charge in [-0.1, -0.05) is 18.2 Å². The Labute approximate surface area is 149 Å².